The molecule has 2 aromatic carbocycles. The highest BCUT2D eigenvalue weighted by molar-refractivity contribution is 5.70. The smallest absolute Gasteiger partial charge is 0.410 e. The third kappa shape index (κ3) is 5.55. The summed E-state index contributed by atoms with van der Waals surface area (Å²) in [5.74, 6) is -0.884. The van der Waals surface area contributed by atoms with Gasteiger partial charge in [-0.2, -0.15) is 0 Å². The molecule has 2 aromatic rings. The predicted molar refractivity (Wildman–Crippen MR) is 123 cm³/mol. The molecular weight excluding hydrogens is 428 g/mol. The first kappa shape index (κ1) is 23.3. The number of halogens is 2. The fourth-order valence-electron chi connectivity index (χ4n) is 4.59. The first-order chi connectivity index (χ1) is 16.1. The predicted octanol–water partition coefficient (Wildman–Crippen LogP) is 4.46. The number of cyclic esters (lactones) is 1. The number of ether oxygens (including phenoxy) is 2. The average molecular weight is 460 g/mol. The molecule has 4 rings (SSSR count). The molecule has 0 bridgehead atoms. The minimum atomic E-state index is -0.905. The maximum absolute atomic E-state index is 13.6. The molecule has 178 valence electrons. The van der Waals surface area contributed by atoms with E-state index >= 15 is 0 Å². The van der Waals surface area contributed by atoms with Crippen molar-refractivity contribution in [1.82, 2.24) is 9.80 Å². The van der Waals surface area contributed by atoms with Crippen molar-refractivity contribution in [3.63, 3.8) is 0 Å². The van der Waals surface area contributed by atoms with Crippen LogP contribution in [0.3, 0.4) is 0 Å². The van der Waals surface area contributed by atoms with Crippen LogP contribution in [0.15, 0.2) is 42.5 Å². The number of benzene rings is 2. The maximum atomic E-state index is 13.6. The highest BCUT2D eigenvalue weighted by Gasteiger charge is 2.34. The number of carbonyl (C=O) groups excluding carboxylic acids is 1. The Morgan fingerprint density at radius 2 is 1.73 bits per heavy atom. The van der Waals surface area contributed by atoms with Gasteiger partial charge in [-0.05, 0) is 49.2 Å². The van der Waals surface area contributed by atoms with Crippen molar-refractivity contribution < 1.29 is 23.0 Å². The van der Waals surface area contributed by atoms with Crippen LogP contribution in [0.2, 0.25) is 0 Å². The molecule has 0 spiro atoms. The van der Waals surface area contributed by atoms with Crippen LogP contribution in [0.25, 0.3) is 0 Å². The van der Waals surface area contributed by atoms with E-state index in [-0.39, 0.29) is 12.6 Å². The Hall–Kier alpha value is -2.87. The topological polar surface area (TPSA) is 45.2 Å². The Morgan fingerprint density at radius 1 is 0.970 bits per heavy atom. The monoisotopic (exact) mass is 459 g/mol. The van der Waals surface area contributed by atoms with Crippen LogP contribution in [0, 0.1) is 11.6 Å². The zero-order valence-corrected chi connectivity index (χ0v) is 19.0. The van der Waals surface area contributed by atoms with Crippen molar-refractivity contribution in [1.29, 1.82) is 0 Å². The lowest BCUT2D eigenvalue weighted by Gasteiger charge is -2.36. The zero-order valence-electron chi connectivity index (χ0n) is 19.0. The van der Waals surface area contributed by atoms with Crippen molar-refractivity contribution >= 4 is 11.8 Å². The normalized spacial score (nSPS) is 19.1. The summed E-state index contributed by atoms with van der Waals surface area (Å²) in [5.41, 5.74) is 1.71. The summed E-state index contributed by atoms with van der Waals surface area (Å²) in [6.07, 6.45) is 2.49. The van der Waals surface area contributed by atoms with Gasteiger partial charge in [0.1, 0.15) is 12.4 Å². The molecule has 2 heterocycles. The summed E-state index contributed by atoms with van der Waals surface area (Å²) < 4.78 is 37.5. The summed E-state index contributed by atoms with van der Waals surface area (Å²) in [6, 6.07) is 11.5. The quantitative estimate of drug-likeness (QED) is 0.518. The molecule has 0 N–H and O–H groups in total. The minimum Gasteiger partial charge on any atom is -0.495 e. The molecule has 1 amide bonds. The summed E-state index contributed by atoms with van der Waals surface area (Å²) in [6.45, 7) is 5.69. The van der Waals surface area contributed by atoms with Crippen molar-refractivity contribution in [2.24, 2.45) is 0 Å². The number of piperazine rings is 1. The number of para-hydroxylation sites is 2. The molecule has 0 aromatic heterocycles. The van der Waals surface area contributed by atoms with Crippen LogP contribution < -0.4 is 9.64 Å². The van der Waals surface area contributed by atoms with Gasteiger partial charge in [-0.25, -0.2) is 13.6 Å². The summed E-state index contributed by atoms with van der Waals surface area (Å²) in [4.78, 5) is 18.6. The van der Waals surface area contributed by atoms with E-state index in [0.29, 0.717) is 12.1 Å². The van der Waals surface area contributed by atoms with Gasteiger partial charge in [0.15, 0.2) is 11.6 Å². The van der Waals surface area contributed by atoms with Gasteiger partial charge in [0.05, 0.1) is 18.8 Å². The van der Waals surface area contributed by atoms with Gasteiger partial charge in [-0.15, -0.1) is 0 Å². The number of nitrogens with zero attached hydrogens (tertiary/aromatic N) is 3. The Balaban J connectivity index is 1.18. The molecule has 0 saturated carbocycles. The van der Waals surface area contributed by atoms with Gasteiger partial charge in [0.2, 0.25) is 0 Å². The largest absolute Gasteiger partial charge is 0.495 e. The molecule has 2 aliphatic heterocycles. The van der Waals surface area contributed by atoms with Crippen molar-refractivity contribution in [3.8, 4) is 5.75 Å². The molecule has 6 nitrogen and oxygen atoms in total. The molecule has 1 unspecified atom stereocenters. The van der Waals surface area contributed by atoms with Gasteiger partial charge in [0.25, 0.3) is 0 Å². The standard InChI is InChI=1S/C25H31F2N3O3/c1-32-24-8-4-3-7-22(24)29-15-13-28(14-16-29)11-5-2-6-12-30-23(18-33-25(30)31)19-9-10-20(26)21(27)17-19/h3-4,7-10,17,23H,2,5-6,11-16,18H2,1H3. The molecule has 0 radical (unpaired) electrons. The number of carbonyl (C=O) groups is 1. The third-order valence-electron chi connectivity index (χ3n) is 6.48. The fourth-order valence-corrected chi connectivity index (χ4v) is 4.59. The number of methoxy groups -OCH3 is 1. The van der Waals surface area contributed by atoms with Crippen LogP contribution in [0.1, 0.15) is 30.9 Å². The van der Waals surface area contributed by atoms with Crippen LogP contribution in [-0.4, -0.2) is 68.9 Å². The summed E-state index contributed by atoms with van der Waals surface area (Å²) >= 11 is 0. The van der Waals surface area contributed by atoms with Gasteiger partial charge >= 0.3 is 6.09 Å². The van der Waals surface area contributed by atoms with E-state index in [1.807, 2.05) is 18.2 Å². The van der Waals surface area contributed by atoms with Crippen molar-refractivity contribution in [2.45, 2.75) is 25.3 Å². The van der Waals surface area contributed by atoms with Crippen LogP contribution in [0.4, 0.5) is 19.3 Å². The van der Waals surface area contributed by atoms with Crippen molar-refractivity contribution in [3.05, 3.63) is 59.7 Å². The van der Waals surface area contributed by atoms with E-state index < -0.39 is 17.7 Å². The SMILES string of the molecule is COc1ccccc1N1CCN(CCCCCN2C(=O)OCC2c2ccc(F)c(F)c2)CC1. The number of hydrogen-bond donors (Lipinski definition) is 0. The molecule has 1 atom stereocenters. The first-order valence-corrected chi connectivity index (χ1v) is 11.6. The Bertz CT molecular complexity index is 950. The lowest BCUT2D eigenvalue weighted by atomic mass is 10.1. The van der Waals surface area contributed by atoms with Crippen LogP contribution in [-0.2, 0) is 4.74 Å². The molecule has 8 heteroatoms. The molecule has 0 aliphatic carbocycles. The van der Waals surface area contributed by atoms with E-state index in [2.05, 4.69) is 15.9 Å². The van der Waals surface area contributed by atoms with Crippen LogP contribution in [0.5, 0.6) is 5.75 Å². The van der Waals surface area contributed by atoms with Gasteiger partial charge in [-0.1, -0.05) is 24.6 Å². The van der Waals surface area contributed by atoms with Crippen LogP contribution >= 0.6 is 0 Å². The number of anilines is 1. The van der Waals surface area contributed by atoms with Gasteiger partial charge in [-0.3, -0.25) is 9.80 Å². The van der Waals surface area contributed by atoms with Gasteiger partial charge in [0, 0.05) is 32.7 Å². The highest BCUT2D eigenvalue weighted by atomic mass is 19.2. The molecule has 2 saturated heterocycles. The Morgan fingerprint density at radius 3 is 2.48 bits per heavy atom. The zero-order chi connectivity index (χ0) is 23.2. The molecular formula is C25H31F2N3O3. The minimum absolute atomic E-state index is 0.167. The number of amides is 1. The molecule has 2 fully saturated rings. The molecule has 33 heavy (non-hydrogen) atoms. The first-order valence-electron chi connectivity index (χ1n) is 11.6. The summed E-state index contributed by atoms with van der Waals surface area (Å²) in [5, 5.41) is 0. The van der Waals surface area contributed by atoms with E-state index in [1.165, 1.54) is 6.07 Å². The number of unbranched alkanes of at least 4 members (excludes halogenated alkanes) is 2. The maximum Gasteiger partial charge on any atom is 0.410 e. The van der Waals surface area contributed by atoms with E-state index in [4.69, 9.17) is 9.47 Å². The Kier molecular flexibility index (Phi) is 7.65. The van der Waals surface area contributed by atoms with E-state index in [0.717, 1.165) is 75.6 Å². The lowest BCUT2D eigenvalue weighted by molar-refractivity contribution is 0.157. The third-order valence-corrected chi connectivity index (χ3v) is 6.48. The van der Waals surface area contributed by atoms with E-state index in [9.17, 15) is 13.6 Å². The van der Waals surface area contributed by atoms with Crippen molar-refractivity contribution in [2.75, 3.05) is 57.9 Å². The number of hydrogen-bond acceptors (Lipinski definition) is 5. The number of rotatable bonds is 9. The summed E-state index contributed by atoms with van der Waals surface area (Å²) in [7, 11) is 1.71. The van der Waals surface area contributed by atoms with Gasteiger partial charge < -0.3 is 14.4 Å². The second kappa shape index (κ2) is 10.8. The van der Waals surface area contributed by atoms with E-state index in [1.54, 1.807) is 12.0 Å². The second-order valence-electron chi connectivity index (χ2n) is 8.52. The molecule has 2 aliphatic rings. The Labute approximate surface area is 193 Å². The lowest BCUT2D eigenvalue weighted by Crippen LogP contribution is -2.46. The average Bonchev–Trinajstić information content (AvgIpc) is 3.21. The second-order valence-corrected chi connectivity index (χ2v) is 8.52. The highest BCUT2D eigenvalue weighted by Crippen LogP contribution is 2.30. The fraction of sp³-hybridized carbons (Fsp3) is 0.480.